The topological polar surface area (TPSA) is 139 Å². The first kappa shape index (κ1) is 30.0. The van der Waals surface area contributed by atoms with Crippen LogP contribution in [0.15, 0.2) is 56.7 Å². The van der Waals surface area contributed by atoms with E-state index in [2.05, 4.69) is 15.0 Å². The Morgan fingerprint density at radius 2 is 1.76 bits per heavy atom. The molecule has 1 atom stereocenters. The molecule has 224 valence electrons. The van der Waals surface area contributed by atoms with Crippen LogP contribution in [0, 0.1) is 19.7 Å². The lowest BCUT2D eigenvalue weighted by molar-refractivity contribution is 0.129. The summed E-state index contributed by atoms with van der Waals surface area (Å²) in [5, 5.41) is 15.3. The van der Waals surface area contributed by atoms with Crippen LogP contribution in [0.5, 0.6) is 0 Å². The summed E-state index contributed by atoms with van der Waals surface area (Å²) in [5.41, 5.74) is 3.85. The van der Waals surface area contributed by atoms with E-state index in [9.17, 15) is 22.7 Å². The van der Waals surface area contributed by atoms with Crippen LogP contribution in [0.4, 0.5) is 4.39 Å². The first-order valence-corrected chi connectivity index (χ1v) is 15.5. The van der Waals surface area contributed by atoms with Crippen LogP contribution in [-0.2, 0) is 23.1 Å². The Bertz CT molecular complexity index is 1730. The van der Waals surface area contributed by atoms with E-state index in [0.29, 0.717) is 36.7 Å². The van der Waals surface area contributed by atoms with Gasteiger partial charge in [-0.05, 0) is 83.3 Å². The SMILES string of the molecule is Cc1ccc(S(=O)(=O)O)cc1.Cc1nc2n(c(=O)c1CCN1CCC(c3noc4cc(F)ccc34)CC1)CCCC2O. The van der Waals surface area contributed by atoms with Gasteiger partial charge in [0.05, 0.1) is 10.6 Å². The Kier molecular flexibility index (Phi) is 8.88. The first-order valence-electron chi connectivity index (χ1n) is 14.1. The zero-order valence-corrected chi connectivity index (χ0v) is 24.5. The maximum absolute atomic E-state index is 13.4. The molecule has 0 radical (unpaired) electrons. The van der Waals surface area contributed by atoms with E-state index in [0.717, 1.165) is 66.8 Å². The summed E-state index contributed by atoms with van der Waals surface area (Å²) >= 11 is 0. The fourth-order valence-electron chi connectivity index (χ4n) is 5.69. The van der Waals surface area contributed by atoms with Crippen LogP contribution < -0.4 is 5.56 Å². The van der Waals surface area contributed by atoms with Crippen molar-refractivity contribution < 1.29 is 27.0 Å². The van der Waals surface area contributed by atoms with Crippen molar-refractivity contribution in [2.24, 2.45) is 0 Å². The summed E-state index contributed by atoms with van der Waals surface area (Å²) in [6, 6.07) is 10.6. The normalized spacial score (nSPS) is 18.0. The molecule has 1 unspecified atom stereocenters. The molecule has 0 saturated carbocycles. The van der Waals surface area contributed by atoms with Crippen molar-refractivity contribution in [3.63, 3.8) is 0 Å². The molecule has 42 heavy (non-hydrogen) atoms. The van der Waals surface area contributed by atoms with Crippen molar-refractivity contribution in [3.8, 4) is 0 Å². The third-order valence-corrected chi connectivity index (χ3v) is 8.96. The molecule has 10 nitrogen and oxygen atoms in total. The highest BCUT2D eigenvalue weighted by molar-refractivity contribution is 7.85. The van der Waals surface area contributed by atoms with Gasteiger partial charge >= 0.3 is 0 Å². The van der Waals surface area contributed by atoms with Gasteiger partial charge in [-0.25, -0.2) is 9.37 Å². The summed E-state index contributed by atoms with van der Waals surface area (Å²) in [6.45, 7) is 6.97. The van der Waals surface area contributed by atoms with Crippen molar-refractivity contribution in [1.29, 1.82) is 0 Å². The number of hydrogen-bond acceptors (Lipinski definition) is 8. The van der Waals surface area contributed by atoms with Crippen LogP contribution >= 0.6 is 0 Å². The van der Waals surface area contributed by atoms with Crippen molar-refractivity contribution >= 4 is 21.1 Å². The number of halogens is 1. The highest BCUT2D eigenvalue weighted by Crippen LogP contribution is 2.33. The number of rotatable bonds is 5. The Morgan fingerprint density at radius 3 is 2.45 bits per heavy atom. The van der Waals surface area contributed by atoms with E-state index >= 15 is 0 Å². The van der Waals surface area contributed by atoms with Gasteiger partial charge in [0.1, 0.15) is 17.7 Å². The second kappa shape index (κ2) is 12.4. The number of hydrogen-bond donors (Lipinski definition) is 2. The van der Waals surface area contributed by atoms with E-state index in [4.69, 9.17) is 9.08 Å². The van der Waals surface area contributed by atoms with Crippen molar-refractivity contribution in [1.82, 2.24) is 19.6 Å². The predicted octanol–water partition coefficient (Wildman–Crippen LogP) is 4.32. The zero-order chi connectivity index (χ0) is 30.0. The molecule has 0 amide bonds. The van der Waals surface area contributed by atoms with Gasteiger partial charge in [-0.2, -0.15) is 8.42 Å². The minimum atomic E-state index is -4.02. The highest BCUT2D eigenvalue weighted by Gasteiger charge is 2.27. The molecule has 4 aromatic rings. The number of likely N-dealkylation sites (tertiary alicyclic amines) is 1. The summed E-state index contributed by atoms with van der Waals surface area (Å²) in [5.74, 6) is 0.489. The number of aromatic nitrogens is 3. The summed E-state index contributed by atoms with van der Waals surface area (Å²) in [7, 11) is -4.02. The molecule has 0 aliphatic carbocycles. The van der Waals surface area contributed by atoms with Crippen LogP contribution in [0.1, 0.15) is 66.0 Å². The number of piperidine rings is 1. The molecule has 1 saturated heterocycles. The molecule has 2 aliphatic rings. The van der Waals surface area contributed by atoms with Gasteiger partial charge in [-0.15, -0.1) is 0 Å². The van der Waals surface area contributed by atoms with Crippen molar-refractivity contribution in [2.45, 2.75) is 69.4 Å². The second-order valence-electron chi connectivity index (χ2n) is 11.0. The summed E-state index contributed by atoms with van der Waals surface area (Å²) in [6.07, 6.45) is 3.38. The molecule has 2 aliphatic heterocycles. The Hall–Kier alpha value is -3.45. The van der Waals surface area contributed by atoms with Gasteiger partial charge in [0, 0.05) is 41.7 Å². The average molecular weight is 599 g/mol. The van der Waals surface area contributed by atoms with Crippen LogP contribution in [-0.4, -0.2) is 57.3 Å². The number of aryl methyl sites for hydroxylation is 2. The number of fused-ring (bicyclic) bond motifs is 2. The Labute approximate surface area is 243 Å². The minimum Gasteiger partial charge on any atom is -0.385 e. The predicted molar refractivity (Wildman–Crippen MR) is 155 cm³/mol. The van der Waals surface area contributed by atoms with Gasteiger partial charge in [0.25, 0.3) is 15.7 Å². The van der Waals surface area contributed by atoms with E-state index in [-0.39, 0.29) is 16.3 Å². The lowest BCUT2D eigenvalue weighted by atomic mass is 9.91. The van der Waals surface area contributed by atoms with Crippen molar-refractivity contribution in [3.05, 3.63) is 87.0 Å². The lowest BCUT2D eigenvalue weighted by Gasteiger charge is -2.31. The molecule has 4 heterocycles. The number of benzene rings is 2. The molecule has 0 spiro atoms. The monoisotopic (exact) mass is 598 g/mol. The van der Waals surface area contributed by atoms with E-state index < -0.39 is 16.2 Å². The third-order valence-electron chi connectivity index (χ3n) is 8.09. The molecule has 2 aromatic carbocycles. The average Bonchev–Trinajstić information content (AvgIpc) is 3.37. The van der Waals surface area contributed by atoms with Gasteiger partial charge in [0.15, 0.2) is 5.58 Å². The van der Waals surface area contributed by atoms with E-state index in [1.54, 1.807) is 22.8 Å². The van der Waals surface area contributed by atoms with Gasteiger partial charge in [-0.3, -0.25) is 13.9 Å². The zero-order valence-electron chi connectivity index (χ0n) is 23.7. The molecule has 12 heteroatoms. The lowest BCUT2D eigenvalue weighted by Crippen LogP contribution is -2.37. The fraction of sp³-hybridized carbons (Fsp3) is 0.433. The quantitative estimate of drug-likeness (QED) is 0.322. The smallest absolute Gasteiger partial charge is 0.294 e. The maximum atomic E-state index is 13.4. The van der Waals surface area contributed by atoms with Crippen molar-refractivity contribution in [2.75, 3.05) is 19.6 Å². The molecule has 6 rings (SSSR count). The molecular formula is C30H35FN4O6S. The first-order chi connectivity index (χ1) is 20.0. The maximum Gasteiger partial charge on any atom is 0.294 e. The largest absolute Gasteiger partial charge is 0.385 e. The summed E-state index contributed by atoms with van der Waals surface area (Å²) < 4.78 is 49.9. The van der Waals surface area contributed by atoms with Gasteiger partial charge < -0.3 is 14.5 Å². The highest BCUT2D eigenvalue weighted by atomic mass is 32.2. The number of aliphatic hydroxyl groups excluding tert-OH is 1. The Morgan fingerprint density at radius 1 is 1.05 bits per heavy atom. The van der Waals surface area contributed by atoms with E-state index in [1.807, 2.05) is 13.8 Å². The number of nitrogens with zero attached hydrogens (tertiary/aromatic N) is 4. The van der Waals surface area contributed by atoms with Crippen LogP contribution in [0.3, 0.4) is 0 Å². The third kappa shape index (κ3) is 6.62. The van der Waals surface area contributed by atoms with Crippen LogP contribution in [0.25, 0.3) is 11.0 Å². The fourth-order valence-corrected chi connectivity index (χ4v) is 6.17. The van der Waals surface area contributed by atoms with Gasteiger partial charge in [0.2, 0.25) is 0 Å². The molecular weight excluding hydrogens is 563 g/mol. The van der Waals surface area contributed by atoms with E-state index in [1.165, 1.54) is 24.3 Å². The minimum absolute atomic E-state index is 0.00237. The number of aliphatic hydroxyl groups is 1. The van der Waals surface area contributed by atoms with Gasteiger partial charge in [-0.1, -0.05) is 22.9 Å². The molecule has 0 bridgehead atoms. The Balaban J connectivity index is 0.000000271. The van der Waals surface area contributed by atoms with Crippen LogP contribution in [0.2, 0.25) is 0 Å². The second-order valence-corrected chi connectivity index (χ2v) is 12.4. The summed E-state index contributed by atoms with van der Waals surface area (Å²) in [4.78, 5) is 19.8. The molecule has 2 N–H and O–H groups in total. The molecule has 1 fully saturated rings. The molecule has 2 aromatic heterocycles. The standard InChI is InChI=1S/C23H27FN4O3.C7H8O3S/c1-14-17(23(30)28-9-2-3-19(29)22(28)25-14)8-12-27-10-6-15(7-11-27)21-18-5-4-16(24)13-20(18)31-26-21;1-6-2-4-7(5-3-6)11(8,9)10/h4-5,13,15,19,29H,2-3,6-12H2,1H3;2-5H,1H3,(H,8,9,10).